The van der Waals surface area contributed by atoms with Gasteiger partial charge in [-0.2, -0.15) is 0 Å². The van der Waals surface area contributed by atoms with Crippen molar-refractivity contribution in [2.45, 2.75) is 59.5 Å². The maximum absolute atomic E-state index is 6.35. The number of nitrogens with zero attached hydrogens (tertiary/aromatic N) is 1. The molecule has 1 aliphatic heterocycles. The normalized spacial score (nSPS) is 17.1. The van der Waals surface area contributed by atoms with E-state index >= 15 is 0 Å². The van der Waals surface area contributed by atoms with E-state index in [0.717, 1.165) is 69.3 Å². The van der Waals surface area contributed by atoms with Crippen LogP contribution < -0.4 is 10.6 Å². The molecule has 4 aromatic rings. The average molecular weight is 738 g/mol. The van der Waals surface area contributed by atoms with Gasteiger partial charge in [-0.05, 0) is 115 Å². The molecule has 56 heavy (non-hydrogen) atoms. The van der Waals surface area contributed by atoms with Crippen molar-refractivity contribution in [3.63, 3.8) is 0 Å². The fraction of sp³-hybridized carbons (Fsp3) is 0.189. The molecule has 1 unspecified atom stereocenters. The predicted molar refractivity (Wildman–Crippen MR) is 243 cm³/mol. The molecule has 1 aliphatic carbocycles. The smallest absolute Gasteiger partial charge is 0.135 e. The minimum absolute atomic E-state index is 0.364. The third-order valence-corrected chi connectivity index (χ3v) is 10.1. The van der Waals surface area contributed by atoms with Gasteiger partial charge in [0.15, 0.2) is 0 Å². The summed E-state index contributed by atoms with van der Waals surface area (Å²) in [6, 6.07) is 26.0. The zero-order chi connectivity index (χ0) is 40.1. The Labute approximate surface area is 334 Å². The maximum Gasteiger partial charge on any atom is 0.135 e. The highest BCUT2D eigenvalue weighted by molar-refractivity contribution is 5.82. The lowest BCUT2D eigenvalue weighted by molar-refractivity contribution is 0.0807. The van der Waals surface area contributed by atoms with Gasteiger partial charge in [-0.15, -0.1) is 0 Å². The summed E-state index contributed by atoms with van der Waals surface area (Å²) >= 11 is 0. The lowest BCUT2D eigenvalue weighted by Gasteiger charge is -2.29. The van der Waals surface area contributed by atoms with Gasteiger partial charge in [0.2, 0.25) is 0 Å². The highest BCUT2D eigenvalue weighted by Crippen LogP contribution is 2.46. The quantitative estimate of drug-likeness (QED) is 0.0954. The van der Waals surface area contributed by atoms with Crippen molar-refractivity contribution in [2.24, 2.45) is 4.99 Å². The van der Waals surface area contributed by atoms with Crippen LogP contribution in [0.25, 0.3) is 41.0 Å². The number of ether oxygens (including phenoxy) is 1. The molecule has 1 aromatic heterocycles. The van der Waals surface area contributed by atoms with E-state index in [1.807, 2.05) is 52.0 Å². The van der Waals surface area contributed by atoms with E-state index in [1.54, 1.807) is 0 Å². The molecular formula is C53H55NO2. The summed E-state index contributed by atoms with van der Waals surface area (Å²) in [6.45, 7) is 26.7. The lowest BCUT2D eigenvalue weighted by Crippen LogP contribution is -2.27. The second kappa shape index (κ2) is 19.4. The number of benzene rings is 3. The van der Waals surface area contributed by atoms with E-state index in [4.69, 9.17) is 9.15 Å². The minimum atomic E-state index is -0.364. The molecular weight excluding hydrogens is 683 g/mol. The lowest BCUT2D eigenvalue weighted by atomic mass is 9.81. The number of furan rings is 1. The summed E-state index contributed by atoms with van der Waals surface area (Å²) in [4.78, 5) is 3.97. The molecule has 0 N–H and O–H groups in total. The van der Waals surface area contributed by atoms with Gasteiger partial charge < -0.3 is 14.1 Å². The van der Waals surface area contributed by atoms with Crippen LogP contribution in [0.15, 0.2) is 173 Å². The summed E-state index contributed by atoms with van der Waals surface area (Å²) < 4.78 is 12.4. The topological polar surface area (TPSA) is 34.7 Å². The van der Waals surface area contributed by atoms with Gasteiger partial charge in [0.05, 0.1) is 0 Å². The van der Waals surface area contributed by atoms with Crippen LogP contribution in [-0.2, 0) is 17.6 Å². The van der Waals surface area contributed by atoms with E-state index in [2.05, 4.69) is 160 Å². The average Bonchev–Trinajstić information content (AvgIpc) is 3.67. The molecule has 0 saturated heterocycles. The minimum Gasteiger partial charge on any atom is -0.482 e. The monoisotopic (exact) mass is 737 g/mol. The van der Waals surface area contributed by atoms with Crippen molar-refractivity contribution in [3.05, 3.63) is 208 Å². The summed E-state index contributed by atoms with van der Waals surface area (Å²) in [5, 5.41) is 0.904. The predicted octanol–water partition coefficient (Wildman–Crippen LogP) is 12.3. The first-order valence-electron chi connectivity index (χ1n) is 19.6. The summed E-state index contributed by atoms with van der Waals surface area (Å²) in [6.07, 6.45) is 27.4. The standard InChI is InChI=1S/C51H49NO2.C2H6/c1-8-17-47-48-35-45(28-30-51(48,6)54-49(47)10-3)44-25-16-24-43(34-44)42-23-15-21-39(33-42)19-13-11-12-18-38-20-14-22-41(32-38)40(9-2)26-27-50-36(4)46(29-31-52-7)37(5)53-50;1-2/h8-17,19-28,32-35H,2-4,7,18,29-31H2,1,5-6H3;1-2H3/b12-11-,17-8-,19-13+,40-26+,50-27+;. The maximum atomic E-state index is 6.35. The van der Waals surface area contributed by atoms with Gasteiger partial charge in [0, 0.05) is 34.9 Å². The van der Waals surface area contributed by atoms with Gasteiger partial charge in [-0.1, -0.05) is 149 Å². The van der Waals surface area contributed by atoms with E-state index < -0.39 is 0 Å². The molecule has 0 radical (unpaired) electrons. The second-order valence-corrected chi connectivity index (χ2v) is 13.8. The SMILES string of the molecule is C=CC1=C(/C=C\C)C2=CC(c3cccc(-c4cccc(/C=C/C=C\Cc5cccc(/C(C=C)=C/C=c6/oc(C)c(CCN=C)c6=C)c5)c4)c3)=CCC2(C)O1.CC. The number of fused-ring (bicyclic) bond motifs is 1. The van der Waals surface area contributed by atoms with Crippen LogP contribution in [0, 0.1) is 6.92 Å². The van der Waals surface area contributed by atoms with Crippen LogP contribution in [-0.4, -0.2) is 18.9 Å². The fourth-order valence-electron chi connectivity index (χ4n) is 7.14. The van der Waals surface area contributed by atoms with Crippen molar-refractivity contribution in [1.29, 1.82) is 0 Å². The van der Waals surface area contributed by atoms with E-state index in [9.17, 15) is 0 Å². The number of rotatable bonds is 14. The van der Waals surface area contributed by atoms with Gasteiger partial charge in [-0.25, -0.2) is 0 Å². The number of hydrogen-bond acceptors (Lipinski definition) is 3. The first-order valence-corrected chi connectivity index (χ1v) is 19.6. The Balaban J connectivity index is 0.00000295. The molecule has 2 heterocycles. The van der Waals surface area contributed by atoms with Crippen molar-refractivity contribution in [1.82, 2.24) is 0 Å². The Morgan fingerprint density at radius 2 is 1.68 bits per heavy atom. The molecule has 1 atom stereocenters. The van der Waals surface area contributed by atoms with Gasteiger partial charge >= 0.3 is 0 Å². The first-order chi connectivity index (χ1) is 27.3. The van der Waals surface area contributed by atoms with Crippen molar-refractivity contribution in [3.8, 4) is 11.1 Å². The van der Waals surface area contributed by atoms with Crippen molar-refractivity contribution in [2.75, 3.05) is 6.54 Å². The van der Waals surface area contributed by atoms with Crippen LogP contribution in [0.1, 0.15) is 67.7 Å². The van der Waals surface area contributed by atoms with Crippen LogP contribution in [0.4, 0.5) is 0 Å². The van der Waals surface area contributed by atoms with Gasteiger partial charge in [-0.3, -0.25) is 0 Å². The fourth-order valence-corrected chi connectivity index (χ4v) is 7.14. The summed E-state index contributed by atoms with van der Waals surface area (Å²) in [7, 11) is 0. The number of aliphatic imine (C=N–C) groups is 1. The highest BCUT2D eigenvalue weighted by atomic mass is 16.5. The van der Waals surface area contributed by atoms with Crippen molar-refractivity contribution < 1.29 is 9.15 Å². The van der Waals surface area contributed by atoms with E-state index in [0.29, 0.717) is 6.54 Å². The molecule has 3 heteroatoms. The highest BCUT2D eigenvalue weighted by Gasteiger charge is 2.41. The van der Waals surface area contributed by atoms with Crippen LogP contribution in [0.2, 0.25) is 0 Å². The van der Waals surface area contributed by atoms with Crippen molar-refractivity contribution >= 4 is 36.6 Å². The zero-order valence-corrected chi connectivity index (χ0v) is 33.8. The van der Waals surface area contributed by atoms with E-state index in [1.165, 1.54) is 33.4 Å². The summed E-state index contributed by atoms with van der Waals surface area (Å²) in [5.41, 5.74) is 13.1. The Bertz CT molecular complexity index is 2420. The van der Waals surface area contributed by atoms with Crippen LogP contribution >= 0.6 is 0 Å². The largest absolute Gasteiger partial charge is 0.482 e. The number of aryl methyl sites for hydroxylation is 1. The Morgan fingerprint density at radius 3 is 2.43 bits per heavy atom. The molecule has 6 rings (SSSR count). The Hall–Kier alpha value is -6.19. The molecule has 3 aromatic carbocycles. The third kappa shape index (κ3) is 9.54. The molecule has 0 amide bonds. The molecule has 0 fully saturated rings. The van der Waals surface area contributed by atoms with E-state index in [-0.39, 0.29) is 5.60 Å². The third-order valence-electron chi connectivity index (χ3n) is 10.1. The van der Waals surface area contributed by atoms with Crippen LogP contribution in [0.3, 0.4) is 0 Å². The Kier molecular flexibility index (Phi) is 14.2. The molecule has 0 spiro atoms. The number of hydrogen-bond donors (Lipinski definition) is 0. The van der Waals surface area contributed by atoms with Crippen LogP contribution in [0.5, 0.6) is 0 Å². The molecule has 3 nitrogen and oxygen atoms in total. The second-order valence-electron chi connectivity index (χ2n) is 13.8. The van der Waals surface area contributed by atoms with Gasteiger partial charge in [0.1, 0.15) is 22.5 Å². The van der Waals surface area contributed by atoms with Gasteiger partial charge in [0.25, 0.3) is 0 Å². The molecule has 0 bridgehead atoms. The molecule has 0 saturated carbocycles. The first kappa shape index (κ1) is 41.0. The summed E-state index contributed by atoms with van der Waals surface area (Å²) in [5.74, 6) is 1.73. The molecule has 284 valence electrons. The zero-order valence-electron chi connectivity index (χ0n) is 33.8. The Morgan fingerprint density at radius 1 is 0.929 bits per heavy atom. The number of allylic oxidation sites excluding steroid dienone is 11. The molecule has 2 aliphatic rings.